The molecule has 0 saturated heterocycles. The van der Waals surface area contributed by atoms with E-state index in [1.807, 2.05) is 13.0 Å². The highest BCUT2D eigenvalue weighted by Gasteiger charge is 2.36. The molecule has 2 aliphatic heterocycles. The number of nitrogens with zero attached hydrogens (tertiary/aromatic N) is 4. The summed E-state index contributed by atoms with van der Waals surface area (Å²) in [5.74, 6) is 1.06. The molecule has 8 nitrogen and oxygen atoms in total. The third-order valence-electron chi connectivity index (χ3n) is 4.35. The van der Waals surface area contributed by atoms with Crippen LogP contribution in [0.1, 0.15) is 30.8 Å². The van der Waals surface area contributed by atoms with E-state index in [-0.39, 0.29) is 23.1 Å². The van der Waals surface area contributed by atoms with Gasteiger partial charge in [0.1, 0.15) is 5.69 Å². The van der Waals surface area contributed by atoms with Gasteiger partial charge in [-0.25, -0.2) is 9.97 Å². The molecule has 0 spiro atoms. The monoisotopic (exact) mass is 374 g/mol. The molecule has 0 radical (unpaired) electrons. The summed E-state index contributed by atoms with van der Waals surface area (Å²) in [6.07, 6.45) is 7.40. The van der Waals surface area contributed by atoms with E-state index >= 15 is 0 Å². The van der Waals surface area contributed by atoms with Crippen molar-refractivity contribution in [3.8, 4) is 5.88 Å². The summed E-state index contributed by atoms with van der Waals surface area (Å²) in [5.41, 5.74) is 6.45. The molecule has 2 atom stereocenters. The first-order valence-electron chi connectivity index (χ1n) is 8.46. The molecule has 9 heteroatoms. The molecule has 3 rings (SSSR count). The summed E-state index contributed by atoms with van der Waals surface area (Å²) in [4.78, 5) is 29.5. The number of thioether (sulfide) groups is 1. The predicted octanol–water partition coefficient (Wildman–Crippen LogP) is 1.40. The molecule has 26 heavy (non-hydrogen) atoms. The fourth-order valence-electron chi connectivity index (χ4n) is 2.85. The summed E-state index contributed by atoms with van der Waals surface area (Å²) < 4.78 is 5.23. The Morgan fingerprint density at radius 2 is 2.31 bits per heavy atom. The Morgan fingerprint density at radius 3 is 3.00 bits per heavy atom. The zero-order chi connectivity index (χ0) is 18.6. The molecule has 0 bridgehead atoms. The Labute approximate surface area is 156 Å². The van der Waals surface area contributed by atoms with Crippen LogP contribution in [0, 0.1) is 5.92 Å². The third-order valence-corrected chi connectivity index (χ3v) is 5.14. The fraction of sp³-hybridized carbons (Fsp3) is 0.471. The van der Waals surface area contributed by atoms with Crippen molar-refractivity contribution in [3.05, 3.63) is 29.9 Å². The van der Waals surface area contributed by atoms with Gasteiger partial charge in [-0.2, -0.15) is 0 Å². The first-order valence-corrected chi connectivity index (χ1v) is 9.44. The van der Waals surface area contributed by atoms with Crippen LogP contribution in [-0.4, -0.2) is 51.7 Å². The van der Waals surface area contributed by atoms with Crippen molar-refractivity contribution < 1.29 is 9.53 Å². The number of amidine groups is 1. The average molecular weight is 374 g/mol. The number of nitrogens with one attached hydrogen (secondary N) is 1. The smallest absolute Gasteiger partial charge is 0.275 e. The molecular weight excluding hydrogens is 352 g/mol. The van der Waals surface area contributed by atoms with Crippen molar-refractivity contribution in [1.29, 1.82) is 0 Å². The minimum absolute atomic E-state index is 0.0775. The molecule has 0 saturated carbocycles. The van der Waals surface area contributed by atoms with Crippen molar-refractivity contribution in [2.75, 3.05) is 18.9 Å². The average Bonchev–Trinajstić information content (AvgIpc) is 2.63. The maximum absolute atomic E-state index is 12.4. The van der Waals surface area contributed by atoms with Crippen molar-refractivity contribution in [1.82, 2.24) is 15.3 Å². The predicted molar refractivity (Wildman–Crippen MR) is 103 cm³/mol. The fourth-order valence-corrected chi connectivity index (χ4v) is 3.85. The topological polar surface area (TPSA) is 115 Å². The van der Waals surface area contributed by atoms with Crippen LogP contribution in [0.15, 0.2) is 34.2 Å². The van der Waals surface area contributed by atoms with E-state index in [9.17, 15) is 4.79 Å². The maximum Gasteiger partial charge on any atom is 0.275 e. The minimum Gasteiger partial charge on any atom is -0.477 e. The normalized spacial score (nSPS) is 25.2. The molecule has 0 aromatic carbocycles. The zero-order valence-electron chi connectivity index (χ0n) is 14.8. The molecule has 138 valence electrons. The van der Waals surface area contributed by atoms with E-state index in [1.165, 1.54) is 12.4 Å². The van der Waals surface area contributed by atoms with Gasteiger partial charge in [0, 0.05) is 24.4 Å². The van der Waals surface area contributed by atoms with Crippen LogP contribution in [0.2, 0.25) is 0 Å². The number of dihydropyridines is 1. The van der Waals surface area contributed by atoms with Gasteiger partial charge >= 0.3 is 0 Å². The number of ether oxygens (including phenoxy) is 1. The maximum atomic E-state index is 12.4. The number of carbonyl (C=O) groups is 1. The van der Waals surface area contributed by atoms with Gasteiger partial charge in [-0.05, 0) is 20.3 Å². The Hall–Kier alpha value is -2.42. The van der Waals surface area contributed by atoms with Gasteiger partial charge in [-0.3, -0.25) is 14.8 Å². The van der Waals surface area contributed by atoms with Gasteiger partial charge in [0.05, 0.1) is 30.2 Å². The Balaban J connectivity index is 1.70. The Bertz CT molecular complexity index is 761. The number of aliphatic imine (C=N–C) groups is 2. The SMILES string of the molecule is CCOc1cnc(C(=O)NC2=CC([C@]3(C)CCSC(N)=N3)CN=C2)cn1. The van der Waals surface area contributed by atoms with Crippen LogP contribution in [0.3, 0.4) is 0 Å². The number of hydrogen-bond donors (Lipinski definition) is 2. The number of amides is 1. The van der Waals surface area contributed by atoms with Crippen molar-refractivity contribution in [3.63, 3.8) is 0 Å². The summed E-state index contributed by atoms with van der Waals surface area (Å²) >= 11 is 1.57. The second kappa shape index (κ2) is 7.86. The van der Waals surface area contributed by atoms with Gasteiger partial charge in [0.2, 0.25) is 5.88 Å². The minimum atomic E-state index is -0.341. The van der Waals surface area contributed by atoms with Crippen molar-refractivity contribution >= 4 is 29.1 Å². The molecule has 2 aliphatic rings. The standard InChI is InChI=1S/C17H22N6O2S/c1-3-25-14-10-20-13(9-21-14)15(24)22-12-6-11(7-19-8-12)17(2)4-5-26-16(18)23-17/h6,8-11H,3-5,7H2,1-2H3,(H2,18,23)(H,22,24)/t11?,17-/m0/s1. The lowest BCUT2D eigenvalue weighted by Crippen LogP contribution is -2.41. The van der Waals surface area contributed by atoms with Gasteiger partial charge in [-0.1, -0.05) is 17.8 Å². The van der Waals surface area contributed by atoms with E-state index in [1.54, 1.807) is 18.0 Å². The van der Waals surface area contributed by atoms with E-state index in [2.05, 4.69) is 32.2 Å². The number of hydrogen-bond acceptors (Lipinski definition) is 8. The molecule has 1 aromatic heterocycles. The Kier molecular flexibility index (Phi) is 5.55. The van der Waals surface area contributed by atoms with E-state index in [4.69, 9.17) is 10.5 Å². The Morgan fingerprint density at radius 1 is 1.46 bits per heavy atom. The summed E-state index contributed by atoms with van der Waals surface area (Å²) in [6, 6.07) is 0. The molecule has 1 amide bonds. The number of rotatable bonds is 5. The third kappa shape index (κ3) is 4.21. The first kappa shape index (κ1) is 18.4. The molecule has 3 N–H and O–H groups in total. The lowest BCUT2D eigenvalue weighted by Gasteiger charge is -2.36. The highest BCUT2D eigenvalue weighted by molar-refractivity contribution is 8.13. The van der Waals surface area contributed by atoms with E-state index < -0.39 is 0 Å². The summed E-state index contributed by atoms with van der Waals surface area (Å²) in [6.45, 7) is 5.06. The number of aromatic nitrogens is 2. The molecular formula is C17H22N6O2S. The van der Waals surface area contributed by atoms with Crippen molar-refractivity contribution in [2.24, 2.45) is 21.6 Å². The van der Waals surface area contributed by atoms with Gasteiger partial charge in [0.15, 0.2) is 5.17 Å². The van der Waals surface area contributed by atoms with Crippen LogP contribution >= 0.6 is 11.8 Å². The molecule has 1 unspecified atom stereocenters. The van der Waals surface area contributed by atoms with Gasteiger partial charge in [-0.15, -0.1) is 0 Å². The lowest BCUT2D eigenvalue weighted by molar-refractivity contribution is 0.0962. The molecule has 0 fully saturated rings. The second-order valence-electron chi connectivity index (χ2n) is 6.26. The van der Waals surface area contributed by atoms with Crippen molar-refractivity contribution in [2.45, 2.75) is 25.8 Å². The van der Waals surface area contributed by atoms with Crippen LogP contribution in [0.4, 0.5) is 0 Å². The molecule has 1 aromatic rings. The van der Waals surface area contributed by atoms with Crippen LogP contribution < -0.4 is 15.8 Å². The highest BCUT2D eigenvalue weighted by Crippen LogP contribution is 2.34. The van der Waals surface area contributed by atoms with Gasteiger partial charge in [0.25, 0.3) is 5.91 Å². The van der Waals surface area contributed by atoms with Gasteiger partial charge < -0.3 is 15.8 Å². The number of carbonyl (C=O) groups excluding carboxylic acids is 1. The highest BCUT2D eigenvalue weighted by atomic mass is 32.2. The first-order chi connectivity index (χ1) is 12.5. The van der Waals surface area contributed by atoms with Crippen LogP contribution in [0.5, 0.6) is 5.88 Å². The summed E-state index contributed by atoms with van der Waals surface area (Å²) in [7, 11) is 0. The molecule has 0 aliphatic carbocycles. The largest absolute Gasteiger partial charge is 0.477 e. The second-order valence-corrected chi connectivity index (χ2v) is 7.37. The van der Waals surface area contributed by atoms with Crippen LogP contribution in [-0.2, 0) is 0 Å². The number of nitrogens with two attached hydrogens (primary N) is 1. The zero-order valence-corrected chi connectivity index (χ0v) is 15.6. The van der Waals surface area contributed by atoms with E-state index in [0.717, 1.165) is 12.2 Å². The summed E-state index contributed by atoms with van der Waals surface area (Å²) in [5, 5.41) is 3.44. The van der Waals surface area contributed by atoms with E-state index in [0.29, 0.717) is 29.9 Å². The number of allylic oxidation sites excluding steroid dienone is 1. The lowest BCUT2D eigenvalue weighted by atomic mass is 9.82. The molecule has 3 heterocycles. The van der Waals surface area contributed by atoms with Crippen LogP contribution in [0.25, 0.3) is 0 Å². The quantitative estimate of drug-likeness (QED) is 0.805.